The fourth-order valence-electron chi connectivity index (χ4n) is 3.85. The third-order valence-corrected chi connectivity index (χ3v) is 7.54. The Hall–Kier alpha value is -2.92. The van der Waals surface area contributed by atoms with Crippen molar-refractivity contribution in [3.63, 3.8) is 0 Å². The smallest absolute Gasteiger partial charge is 0.333 e. The summed E-state index contributed by atoms with van der Waals surface area (Å²) in [6.45, 7) is 1.01. The van der Waals surface area contributed by atoms with Gasteiger partial charge in [0.15, 0.2) is 0 Å². The number of fused-ring (bicyclic) bond motifs is 1. The largest absolute Gasteiger partial charge is 0.419 e. The van der Waals surface area contributed by atoms with Crippen LogP contribution in [-0.2, 0) is 22.7 Å². The Morgan fingerprint density at radius 3 is 2.30 bits per heavy atom. The van der Waals surface area contributed by atoms with Gasteiger partial charge in [0, 0.05) is 31.2 Å². The van der Waals surface area contributed by atoms with Crippen LogP contribution >= 0.6 is 0 Å². The van der Waals surface area contributed by atoms with Gasteiger partial charge >= 0.3 is 12.2 Å². The number of carbonyl (C=O) groups excluding carboxylic acids is 1. The zero-order valence-electron chi connectivity index (χ0n) is 17.4. The van der Waals surface area contributed by atoms with Crippen molar-refractivity contribution in [1.29, 1.82) is 0 Å². The molecule has 1 saturated heterocycles. The summed E-state index contributed by atoms with van der Waals surface area (Å²) in [5, 5.41) is 2.73. The van der Waals surface area contributed by atoms with Crippen LogP contribution in [0.2, 0.25) is 0 Å². The minimum Gasteiger partial charge on any atom is -0.333 e. The van der Waals surface area contributed by atoms with Crippen LogP contribution in [0.3, 0.4) is 0 Å². The molecule has 4 rings (SSSR count). The number of nitrogens with zero attached hydrogens (tertiary/aromatic N) is 2. The number of carbonyl (C=O) groups is 1. The molecule has 11 heteroatoms. The molecule has 0 saturated carbocycles. The average Bonchev–Trinajstić information content (AvgIpc) is 3.20. The normalized spacial score (nSPS) is 15.6. The Bertz CT molecular complexity index is 1280. The first kappa shape index (κ1) is 23.2. The van der Waals surface area contributed by atoms with Crippen molar-refractivity contribution in [1.82, 2.24) is 14.2 Å². The molecule has 3 aromatic rings. The van der Waals surface area contributed by atoms with Crippen LogP contribution in [0.4, 0.5) is 22.4 Å². The number of nitrogens with one attached hydrogen (secondary N) is 1. The quantitative estimate of drug-likeness (QED) is 0.546. The molecule has 1 aliphatic rings. The molecular formula is C22H21F4N3O3S. The average molecular weight is 483 g/mol. The van der Waals surface area contributed by atoms with Gasteiger partial charge in [-0.15, -0.1) is 0 Å². The van der Waals surface area contributed by atoms with Crippen LogP contribution in [0, 0.1) is 5.82 Å². The lowest BCUT2D eigenvalue weighted by molar-refractivity contribution is -0.139. The van der Waals surface area contributed by atoms with Gasteiger partial charge in [0.25, 0.3) is 0 Å². The summed E-state index contributed by atoms with van der Waals surface area (Å²) in [6, 6.07) is 8.06. The number of benzene rings is 2. The molecule has 176 valence electrons. The number of alkyl halides is 3. The van der Waals surface area contributed by atoms with Crippen molar-refractivity contribution in [2.45, 2.75) is 36.9 Å². The highest BCUT2D eigenvalue weighted by Gasteiger charge is 2.35. The zero-order chi connectivity index (χ0) is 23.8. The molecule has 0 atom stereocenters. The molecule has 2 aromatic carbocycles. The molecule has 6 nitrogen and oxygen atoms in total. The second-order valence-electron chi connectivity index (χ2n) is 7.84. The second-order valence-corrected chi connectivity index (χ2v) is 9.78. The first-order valence-corrected chi connectivity index (χ1v) is 11.8. The lowest BCUT2D eigenvalue weighted by Crippen LogP contribution is -2.35. The van der Waals surface area contributed by atoms with E-state index in [0.29, 0.717) is 24.7 Å². The first-order chi connectivity index (χ1) is 15.6. The fourth-order valence-corrected chi connectivity index (χ4v) is 5.36. The SMILES string of the molecule is O=C(NCc1ccc(S(=O)(=O)N2CCCCC2)cc1)n1ccc2cc(F)c(C(F)(F)F)cc21. The Labute approximate surface area is 187 Å². The monoisotopic (exact) mass is 483 g/mol. The highest BCUT2D eigenvalue weighted by Crippen LogP contribution is 2.34. The van der Waals surface area contributed by atoms with Crippen molar-refractivity contribution >= 4 is 27.0 Å². The van der Waals surface area contributed by atoms with Crippen LogP contribution in [0.15, 0.2) is 53.6 Å². The maximum absolute atomic E-state index is 13.8. The molecule has 0 unspecified atom stereocenters. The minimum atomic E-state index is -4.89. The van der Waals surface area contributed by atoms with Gasteiger partial charge in [-0.05, 0) is 48.7 Å². The van der Waals surface area contributed by atoms with E-state index < -0.39 is 33.6 Å². The van der Waals surface area contributed by atoms with E-state index in [1.165, 1.54) is 28.7 Å². The van der Waals surface area contributed by atoms with Crippen molar-refractivity contribution in [3.05, 3.63) is 65.6 Å². The standard InChI is InChI=1S/C22H21F4N3O3S/c23-19-12-16-8-11-29(20(16)13-18(19)22(24,25)26)21(30)27-14-15-4-6-17(7-5-15)33(31,32)28-9-2-1-3-10-28/h4-8,11-13H,1-3,9-10,14H2,(H,27,30). The predicted octanol–water partition coefficient (Wildman–Crippen LogP) is 4.73. The number of rotatable bonds is 4. The number of aromatic nitrogens is 1. The number of hydrogen-bond acceptors (Lipinski definition) is 3. The maximum atomic E-state index is 13.8. The molecule has 0 radical (unpaired) electrons. The van der Waals surface area contributed by atoms with Gasteiger partial charge in [0.05, 0.1) is 16.0 Å². The topological polar surface area (TPSA) is 71.4 Å². The molecule has 1 amide bonds. The van der Waals surface area contributed by atoms with E-state index in [4.69, 9.17) is 0 Å². The van der Waals surface area contributed by atoms with Crippen molar-refractivity contribution in [2.75, 3.05) is 13.1 Å². The summed E-state index contributed by atoms with van der Waals surface area (Å²) in [4.78, 5) is 12.7. The Kier molecular flexibility index (Phi) is 6.19. The zero-order valence-corrected chi connectivity index (χ0v) is 18.2. The Morgan fingerprint density at radius 2 is 1.67 bits per heavy atom. The Morgan fingerprint density at radius 1 is 1.00 bits per heavy atom. The van der Waals surface area contributed by atoms with Crippen molar-refractivity contribution in [3.8, 4) is 0 Å². The number of hydrogen-bond donors (Lipinski definition) is 1. The maximum Gasteiger partial charge on any atom is 0.419 e. The molecule has 0 bridgehead atoms. The van der Waals surface area contributed by atoms with Crippen LogP contribution in [0.25, 0.3) is 10.9 Å². The van der Waals surface area contributed by atoms with Gasteiger partial charge in [0.2, 0.25) is 10.0 Å². The lowest BCUT2D eigenvalue weighted by atomic mass is 10.1. The molecule has 0 spiro atoms. The first-order valence-electron chi connectivity index (χ1n) is 10.3. The third-order valence-electron chi connectivity index (χ3n) is 5.62. The van der Waals surface area contributed by atoms with E-state index >= 15 is 0 Å². The van der Waals surface area contributed by atoms with Crippen LogP contribution < -0.4 is 5.32 Å². The molecule has 0 aliphatic carbocycles. The second kappa shape index (κ2) is 8.79. The molecular weight excluding hydrogens is 462 g/mol. The van der Waals surface area contributed by atoms with Gasteiger partial charge in [-0.2, -0.15) is 17.5 Å². The third kappa shape index (κ3) is 4.74. The molecule has 33 heavy (non-hydrogen) atoms. The summed E-state index contributed by atoms with van der Waals surface area (Å²) in [5.41, 5.74) is -0.920. The van der Waals surface area contributed by atoms with Gasteiger partial charge in [-0.25, -0.2) is 17.6 Å². The van der Waals surface area contributed by atoms with Gasteiger partial charge < -0.3 is 5.32 Å². The van der Waals surface area contributed by atoms with Crippen LogP contribution in [-0.4, -0.2) is 36.4 Å². The minimum absolute atomic E-state index is 0.0237. The van der Waals surface area contributed by atoms with E-state index in [1.807, 2.05) is 0 Å². The number of amides is 1. The molecule has 1 N–H and O–H groups in total. The summed E-state index contributed by atoms with van der Waals surface area (Å²) < 4.78 is 80.7. The molecule has 2 heterocycles. The Balaban J connectivity index is 1.47. The molecule has 1 aromatic heterocycles. The van der Waals surface area contributed by atoms with Crippen LogP contribution in [0.5, 0.6) is 0 Å². The summed E-state index contributed by atoms with van der Waals surface area (Å²) >= 11 is 0. The number of halogens is 4. The van der Waals surface area contributed by atoms with E-state index in [0.717, 1.165) is 29.9 Å². The highest BCUT2D eigenvalue weighted by atomic mass is 32.2. The molecule has 1 fully saturated rings. The van der Waals surface area contributed by atoms with E-state index in [9.17, 15) is 30.8 Å². The van der Waals surface area contributed by atoms with E-state index in [2.05, 4.69) is 5.32 Å². The van der Waals surface area contributed by atoms with Crippen molar-refractivity contribution in [2.24, 2.45) is 0 Å². The van der Waals surface area contributed by atoms with Crippen molar-refractivity contribution < 1.29 is 30.8 Å². The van der Waals surface area contributed by atoms with Gasteiger partial charge in [-0.1, -0.05) is 18.6 Å². The summed E-state index contributed by atoms with van der Waals surface area (Å²) in [6.07, 6.45) is -0.967. The number of piperidine rings is 1. The van der Waals surface area contributed by atoms with Crippen LogP contribution in [0.1, 0.15) is 30.4 Å². The summed E-state index contributed by atoms with van der Waals surface area (Å²) in [5.74, 6) is -1.41. The predicted molar refractivity (Wildman–Crippen MR) is 114 cm³/mol. The fraction of sp³-hybridized carbons (Fsp3) is 0.318. The van der Waals surface area contributed by atoms with E-state index in [-0.39, 0.29) is 22.3 Å². The van der Waals surface area contributed by atoms with Gasteiger partial charge in [-0.3, -0.25) is 4.57 Å². The highest BCUT2D eigenvalue weighted by molar-refractivity contribution is 7.89. The lowest BCUT2D eigenvalue weighted by Gasteiger charge is -2.25. The summed E-state index contributed by atoms with van der Waals surface area (Å²) in [7, 11) is -3.57. The van der Waals surface area contributed by atoms with Gasteiger partial charge in [0.1, 0.15) is 5.82 Å². The molecule has 1 aliphatic heterocycles. The van der Waals surface area contributed by atoms with E-state index in [1.54, 1.807) is 12.1 Å². The number of sulfonamides is 1.